The lowest BCUT2D eigenvalue weighted by molar-refractivity contribution is -0.192. The lowest BCUT2D eigenvalue weighted by Crippen LogP contribution is -2.43. The summed E-state index contributed by atoms with van der Waals surface area (Å²) in [5, 5.41) is 19.5. The molecule has 3 unspecified atom stereocenters. The Morgan fingerprint density at radius 2 is 1.68 bits per heavy atom. The van der Waals surface area contributed by atoms with Crippen molar-refractivity contribution in [2.75, 3.05) is 38.2 Å². The van der Waals surface area contributed by atoms with Crippen LogP contribution in [0.4, 0.5) is 18.9 Å². The number of aliphatic carboxylic acids is 2. The first-order chi connectivity index (χ1) is 17.5. The Kier molecular flexibility index (Phi) is 9.11. The summed E-state index contributed by atoms with van der Waals surface area (Å²) in [5.74, 6) is -3.17. The number of hydrogen-bond donors (Lipinski definition) is 3. The highest BCUT2D eigenvalue weighted by Crippen LogP contribution is 2.49. The van der Waals surface area contributed by atoms with Gasteiger partial charge in [0.25, 0.3) is 6.29 Å². The molecule has 3 atom stereocenters. The van der Waals surface area contributed by atoms with Crippen LogP contribution in [0.15, 0.2) is 48.5 Å². The number of carboxylic acid groups (broad SMARTS) is 2. The number of piperazine rings is 1. The highest BCUT2D eigenvalue weighted by atomic mass is 19.4. The van der Waals surface area contributed by atoms with Crippen molar-refractivity contribution in [1.29, 1.82) is 0 Å². The maximum atomic E-state index is 13.0. The fraction of sp³-hybridized carbons (Fsp3) is 0.400. The zero-order valence-corrected chi connectivity index (χ0v) is 19.9. The number of carbonyl (C=O) groups excluding carboxylic acids is 1. The quantitative estimate of drug-likeness (QED) is 0.353. The number of hydrogen-bond acceptors (Lipinski definition) is 7. The topological polar surface area (TPSA) is 125 Å². The van der Waals surface area contributed by atoms with Gasteiger partial charge < -0.3 is 29.9 Å². The first-order valence-corrected chi connectivity index (χ1v) is 11.4. The summed E-state index contributed by atoms with van der Waals surface area (Å²) < 4.78 is 41.8. The average molecular weight is 524 g/mol. The van der Waals surface area contributed by atoms with Gasteiger partial charge >= 0.3 is 18.1 Å². The number of carbonyl (C=O) groups is 3. The van der Waals surface area contributed by atoms with E-state index in [1.807, 2.05) is 30.3 Å². The van der Waals surface area contributed by atoms with E-state index in [0.29, 0.717) is 5.75 Å². The number of methoxy groups -OCH3 is 1. The molecule has 3 N–H and O–H groups in total. The number of nitrogens with one attached hydrogen (secondary N) is 1. The van der Waals surface area contributed by atoms with E-state index < -0.39 is 24.4 Å². The van der Waals surface area contributed by atoms with Crippen molar-refractivity contribution in [2.45, 2.75) is 24.8 Å². The van der Waals surface area contributed by atoms with E-state index in [-0.39, 0.29) is 17.6 Å². The van der Waals surface area contributed by atoms with E-state index in [9.17, 15) is 22.8 Å². The van der Waals surface area contributed by atoms with Crippen molar-refractivity contribution in [3.8, 4) is 5.75 Å². The number of alkyl halides is 3. The van der Waals surface area contributed by atoms with Gasteiger partial charge in [0, 0.05) is 50.5 Å². The highest BCUT2D eigenvalue weighted by Gasteiger charge is 2.44. The van der Waals surface area contributed by atoms with Crippen LogP contribution in [0.3, 0.4) is 0 Å². The summed E-state index contributed by atoms with van der Waals surface area (Å²) in [4.78, 5) is 35.2. The van der Waals surface area contributed by atoms with Crippen LogP contribution in [-0.4, -0.2) is 73.7 Å². The third kappa shape index (κ3) is 7.67. The molecule has 1 aliphatic carbocycles. The maximum Gasteiger partial charge on any atom is 0.490 e. The molecule has 4 rings (SSSR count). The van der Waals surface area contributed by atoms with Crippen LogP contribution >= 0.6 is 0 Å². The zero-order valence-electron chi connectivity index (χ0n) is 19.9. The molecule has 0 radical (unpaired) electrons. The fourth-order valence-electron chi connectivity index (χ4n) is 3.96. The molecule has 2 fully saturated rings. The van der Waals surface area contributed by atoms with Gasteiger partial charge in [0.05, 0.1) is 0 Å². The summed E-state index contributed by atoms with van der Waals surface area (Å²) in [6, 6.07) is 15.1. The molecule has 37 heavy (non-hydrogen) atoms. The number of benzene rings is 2. The van der Waals surface area contributed by atoms with Gasteiger partial charge in [-0.25, -0.2) is 9.59 Å². The van der Waals surface area contributed by atoms with Gasteiger partial charge in [-0.05, 0) is 42.2 Å². The predicted octanol–water partition coefficient (Wildman–Crippen LogP) is 3.15. The molecule has 9 nitrogen and oxygen atoms in total. The number of halogens is 3. The van der Waals surface area contributed by atoms with Crippen molar-refractivity contribution in [3.05, 3.63) is 59.7 Å². The number of ketones is 1. The normalized spacial score (nSPS) is 19.7. The molecule has 2 aliphatic rings. The Morgan fingerprint density at radius 1 is 1.05 bits per heavy atom. The lowest BCUT2D eigenvalue weighted by Gasteiger charge is -2.29. The molecule has 0 bridgehead atoms. The van der Waals surface area contributed by atoms with Crippen LogP contribution in [0.2, 0.25) is 0 Å². The molecule has 2 aromatic carbocycles. The Labute approximate surface area is 210 Å². The molecule has 200 valence electrons. The molecule has 1 aliphatic heterocycles. The third-order valence-electron chi connectivity index (χ3n) is 5.95. The number of Topliss-reactive ketones (excluding diaryl/α,β-unsaturated/α-hetero) is 1. The summed E-state index contributed by atoms with van der Waals surface area (Å²) in [7, 11) is 1.28. The van der Waals surface area contributed by atoms with Gasteiger partial charge in [-0.2, -0.15) is 13.2 Å². The molecule has 0 aromatic heterocycles. The largest absolute Gasteiger partial charge is 0.490 e. The minimum Gasteiger partial charge on any atom is -0.477 e. The van der Waals surface area contributed by atoms with Crippen LogP contribution in [0.25, 0.3) is 0 Å². The van der Waals surface area contributed by atoms with Crippen molar-refractivity contribution >= 4 is 23.4 Å². The standard InChI is InChI=1S/C23H26N2O5.C2HF3O2/c1-29-23(22(27)28)30-18-7-5-15(6-8-18)19-14-20(19)21(26)16-3-2-4-17(13-16)25-11-9-24-10-12-25;3-2(4,5)1(6)7/h2-8,13,19-20,23-24H,9-12,14H2,1H3,(H,27,28);(H,6,7). The molecule has 1 saturated carbocycles. The SMILES string of the molecule is COC(Oc1ccc(C2CC2C(=O)c2cccc(N3CCNCC3)c2)cc1)C(=O)O.O=C(O)C(F)(F)F. The van der Waals surface area contributed by atoms with Gasteiger partial charge in [-0.1, -0.05) is 24.3 Å². The third-order valence-corrected chi connectivity index (χ3v) is 5.95. The van der Waals surface area contributed by atoms with Crippen LogP contribution < -0.4 is 15.0 Å². The van der Waals surface area contributed by atoms with E-state index in [2.05, 4.69) is 16.3 Å². The van der Waals surface area contributed by atoms with Gasteiger partial charge in [0.1, 0.15) is 5.75 Å². The monoisotopic (exact) mass is 524 g/mol. The molecule has 12 heteroatoms. The summed E-state index contributed by atoms with van der Waals surface area (Å²) in [5.41, 5.74) is 2.93. The van der Waals surface area contributed by atoms with Crippen LogP contribution in [0, 0.1) is 5.92 Å². The van der Waals surface area contributed by atoms with E-state index in [1.165, 1.54) is 7.11 Å². The lowest BCUT2D eigenvalue weighted by atomic mass is 10.0. The predicted molar refractivity (Wildman–Crippen MR) is 126 cm³/mol. The maximum absolute atomic E-state index is 13.0. The fourth-order valence-corrected chi connectivity index (χ4v) is 3.96. The molecule has 1 heterocycles. The van der Waals surface area contributed by atoms with Crippen LogP contribution in [0.1, 0.15) is 28.3 Å². The molecular formula is C25H27F3N2O7. The first-order valence-electron chi connectivity index (χ1n) is 11.4. The molecule has 1 saturated heterocycles. The van der Waals surface area contributed by atoms with Crippen molar-refractivity contribution in [1.82, 2.24) is 5.32 Å². The second-order valence-electron chi connectivity index (χ2n) is 8.50. The van der Waals surface area contributed by atoms with Crippen molar-refractivity contribution in [2.24, 2.45) is 5.92 Å². The number of anilines is 1. The Morgan fingerprint density at radius 3 is 2.22 bits per heavy atom. The molecule has 0 spiro atoms. The van der Waals surface area contributed by atoms with E-state index in [0.717, 1.165) is 49.4 Å². The molecule has 0 amide bonds. The number of ether oxygens (including phenoxy) is 2. The minimum absolute atomic E-state index is 0.0132. The second kappa shape index (κ2) is 12.1. The van der Waals surface area contributed by atoms with Gasteiger partial charge in [0.2, 0.25) is 0 Å². The Hall–Kier alpha value is -3.64. The van der Waals surface area contributed by atoms with Crippen molar-refractivity contribution in [3.63, 3.8) is 0 Å². The zero-order chi connectivity index (χ0) is 27.2. The number of nitrogens with zero attached hydrogens (tertiary/aromatic N) is 1. The number of rotatable bonds is 8. The number of carboxylic acids is 2. The van der Waals surface area contributed by atoms with Crippen LogP contribution in [-0.2, 0) is 14.3 Å². The summed E-state index contributed by atoms with van der Waals surface area (Å²) in [6.07, 6.45) is -5.60. The first kappa shape index (κ1) is 27.9. The average Bonchev–Trinajstić information content (AvgIpc) is 3.68. The summed E-state index contributed by atoms with van der Waals surface area (Å²) >= 11 is 0. The van der Waals surface area contributed by atoms with Gasteiger partial charge in [0.15, 0.2) is 5.78 Å². The van der Waals surface area contributed by atoms with E-state index in [1.54, 1.807) is 12.1 Å². The van der Waals surface area contributed by atoms with Crippen LogP contribution in [0.5, 0.6) is 5.75 Å². The smallest absolute Gasteiger partial charge is 0.477 e. The Balaban J connectivity index is 0.000000479. The minimum atomic E-state index is -5.08. The molecular weight excluding hydrogens is 497 g/mol. The molecule has 2 aromatic rings. The van der Waals surface area contributed by atoms with Gasteiger partial charge in [-0.3, -0.25) is 4.79 Å². The van der Waals surface area contributed by atoms with E-state index >= 15 is 0 Å². The second-order valence-corrected chi connectivity index (χ2v) is 8.50. The van der Waals surface area contributed by atoms with Gasteiger partial charge in [-0.15, -0.1) is 0 Å². The van der Waals surface area contributed by atoms with E-state index in [4.69, 9.17) is 24.5 Å². The highest BCUT2D eigenvalue weighted by molar-refractivity contribution is 6.01. The van der Waals surface area contributed by atoms with Crippen molar-refractivity contribution < 1.29 is 47.2 Å². The Bertz CT molecular complexity index is 1100. The summed E-state index contributed by atoms with van der Waals surface area (Å²) in [6.45, 7) is 3.81.